The van der Waals surface area contributed by atoms with E-state index in [0.29, 0.717) is 12.8 Å². The molecule has 1 aliphatic carbocycles. The monoisotopic (exact) mass is 345 g/mol. The van der Waals surface area contributed by atoms with Crippen LogP contribution < -0.4 is 4.72 Å². The zero-order valence-electron chi connectivity index (χ0n) is 13.8. The first-order valence-corrected chi connectivity index (χ1v) is 9.75. The van der Waals surface area contributed by atoms with Crippen molar-refractivity contribution in [2.45, 2.75) is 49.1 Å². The van der Waals surface area contributed by atoms with E-state index in [4.69, 9.17) is 0 Å². The number of aryl methyl sites for hydroxylation is 1. The first-order chi connectivity index (χ1) is 11.4. The molecule has 1 unspecified atom stereocenters. The Morgan fingerprint density at radius 3 is 2.17 bits per heavy atom. The molecule has 2 aromatic carbocycles. The van der Waals surface area contributed by atoms with E-state index in [1.807, 2.05) is 37.3 Å². The third kappa shape index (κ3) is 3.53. The Balaban J connectivity index is 1.96. The summed E-state index contributed by atoms with van der Waals surface area (Å²) in [6.07, 6.45) is 3.02. The number of benzene rings is 2. The maximum atomic E-state index is 12.8. The van der Waals surface area contributed by atoms with Crippen LogP contribution in [0.1, 0.15) is 42.9 Å². The highest BCUT2D eigenvalue weighted by molar-refractivity contribution is 7.89. The topological polar surface area (TPSA) is 66.4 Å². The minimum Gasteiger partial charge on any atom is -0.388 e. The van der Waals surface area contributed by atoms with Crippen molar-refractivity contribution in [2.75, 3.05) is 0 Å². The molecule has 0 radical (unpaired) electrons. The average Bonchev–Trinajstić information content (AvgIpc) is 3.02. The number of hydrogen-bond donors (Lipinski definition) is 2. The third-order valence-electron chi connectivity index (χ3n) is 4.74. The molecule has 1 saturated carbocycles. The highest BCUT2D eigenvalue weighted by Gasteiger charge is 2.42. The summed E-state index contributed by atoms with van der Waals surface area (Å²) in [6.45, 7) is 1.91. The van der Waals surface area contributed by atoms with Crippen molar-refractivity contribution in [1.29, 1.82) is 0 Å². The van der Waals surface area contributed by atoms with Gasteiger partial charge in [0.05, 0.1) is 16.5 Å². The molecular weight excluding hydrogens is 322 g/mol. The van der Waals surface area contributed by atoms with Crippen molar-refractivity contribution in [3.63, 3.8) is 0 Å². The highest BCUT2D eigenvalue weighted by Crippen LogP contribution is 2.40. The van der Waals surface area contributed by atoms with Gasteiger partial charge in [0, 0.05) is 0 Å². The van der Waals surface area contributed by atoms with Gasteiger partial charge >= 0.3 is 0 Å². The van der Waals surface area contributed by atoms with Crippen LogP contribution in [-0.2, 0) is 10.0 Å². The fourth-order valence-corrected chi connectivity index (χ4v) is 4.65. The standard InChI is InChI=1S/C19H23NO3S/c1-15-9-11-17(12-10-15)24(22,23)20-18(16-7-3-2-4-8-16)19(21)13-5-6-14-19/h2-4,7-12,18,20-21H,5-6,13-14H2,1H3. The minimum atomic E-state index is -3.71. The van der Waals surface area contributed by atoms with E-state index < -0.39 is 21.7 Å². The zero-order chi connectivity index (χ0) is 17.2. The number of aliphatic hydroxyl groups is 1. The molecule has 0 amide bonds. The summed E-state index contributed by atoms with van der Waals surface area (Å²) in [5.41, 5.74) is 0.750. The fraction of sp³-hybridized carbons (Fsp3) is 0.368. The van der Waals surface area contributed by atoms with Crippen LogP contribution in [0.5, 0.6) is 0 Å². The van der Waals surface area contributed by atoms with Crippen molar-refractivity contribution >= 4 is 10.0 Å². The average molecular weight is 345 g/mol. The second-order valence-corrected chi connectivity index (χ2v) is 8.30. The molecule has 0 heterocycles. The van der Waals surface area contributed by atoms with Crippen LogP contribution in [0.2, 0.25) is 0 Å². The van der Waals surface area contributed by atoms with Crippen LogP contribution in [-0.4, -0.2) is 19.1 Å². The fourth-order valence-electron chi connectivity index (χ4n) is 3.35. The van der Waals surface area contributed by atoms with Gasteiger partial charge in [-0.2, -0.15) is 0 Å². The Morgan fingerprint density at radius 2 is 1.58 bits per heavy atom. The molecular formula is C19H23NO3S. The molecule has 4 nitrogen and oxygen atoms in total. The van der Waals surface area contributed by atoms with E-state index >= 15 is 0 Å². The van der Waals surface area contributed by atoms with Gasteiger partial charge in [0.25, 0.3) is 0 Å². The molecule has 2 N–H and O–H groups in total. The summed E-state index contributed by atoms with van der Waals surface area (Å²) in [6, 6.07) is 15.4. The smallest absolute Gasteiger partial charge is 0.241 e. The predicted octanol–water partition coefficient (Wildman–Crippen LogP) is 3.32. The molecule has 3 rings (SSSR count). The molecule has 1 aliphatic rings. The second-order valence-electron chi connectivity index (χ2n) is 6.59. The molecule has 2 aromatic rings. The van der Waals surface area contributed by atoms with Gasteiger partial charge < -0.3 is 5.11 Å². The summed E-state index contributed by atoms with van der Waals surface area (Å²) in [4.78, 5) is 0.218. The molecule has 1 fully saturated rings. The maximum absolute atomic E-state index is 12.8. The van der Waals surface area contributed by atoms with Crippen LogP contribution >= 0.6 is 0 Å². The lowest BCUT2D eigenvalue weighted by atomic mass is 9.88. The third-order valence-corrected chi connectivity index (χ3v) is 6.18. The molecule has 0 bridgehead atoms. The van der Waals surface area contributed by atoms with Crippen LogP contribution in [0, 0.1) is 6.92 Å². The van der Waals surface area contributed by atoms with Gasteiger partial charge in [-0.3, -0.25) is 0 Å². The van der Waals surface area contributed by atoms with Gasteiger partial charge in [-0.15, -0.1) is 0 Å². The van der Waals surface area contributed by atoms with Gasteiger partial charge in [-0.05, 0) is 37.5 Å². The summed E-state index contributed by atoms with van der Waals surface area (Å²) < 4.78 is 28.4. The van der Waals surface area contributed by atoms with Gasteiger partial charge in [-0.1, -0.05) is 60.9 Å². The van der Waals surface area contributed by atoms with E-state index in [9.17, 15) is 13.5 Å². The Kier molecular flexibility index (Phi) is 4.76. The van der Waals surface area contributed by atoms with E-state index in [1.54, 1.807) is 24.3 Å². The molecule has 0 aromatic heterocycles. The number of nitrogens with one attached hydrogen (secondary N) is 1. The number of hydrogen-bond acceptors (Lipinski definition) is 3. The van der Waals surface area contributed by atoms with Crippen LogP contribution in [0.4, 0.5) is 0 Å². The van der Waals surface area contributed by atoms with Crippen LogP contribution in [0.15, 0.2) is 59.5 Å². The molecule has 1 atom stereocenters. The Labute approximate surface area is 143 Å². The van der Waals surface area contributed by atoms with Gasteiger partial charge in [0.1, 0.15) is 0 Å². The van der Waals surface area contributed by atoms with E-state index in [-0.39, 0.29) is 4.90 Å². The molecule has 5 heteroatoms. The quantitative estimate of drug-likeness (QED) is 0.873. The lowest BCUT2D eigenvalue weighted by Gasteiger charge is -2.33. The largest absolute Gasteiger partial charge is 0.388 e. The molecule has 128 valence electrons. The Bertz CT molecular complexity index is 779. The summed E-state index contributed by atoms with van der Waals surface area (Å²) in [5.74, 6) is 0. The first kappa shape index (κ1) is 17.1. The molecule has 0 saturated heterocycles. The van der Waals surface area contributed by atoms with Crippen molar-refractivity contribution in [3.05, 3.63) is 65.7 Å². The first-order valence-electron chi connectivity index (χ1n) is 8.27. The second kappa shape index (κ2) is 6.67. The number of sulfonamides is 1. The zero-order valence-corrected chi connectivity index (χ0v) is 14.6. The summed E-state index contributed by atoms with van der Waals surface area (Å²) >= 11 is 0. The van der Waals surface area contributed by atoms with E-state index in [1.165, 1.54) is 0 Å². The summed E-state index contributed by atoms with van der Waals surface area (Å²) in [7, 11) is -3.71. The Hall–Kier alpha value is -1.69. The van der Waals surface area contributed by atoms with Crippen LogP contribution in [0.3, 0.4) is 0 Å². The van der Waals surface area contributed by atoms with Crippen molar-refractivity contribution in [3.8, 4) is 0 Å². The SMILES string of the molecule is Cc1ccc(S(=O)(=O)NC(c2ccccc2)C2(O)CCCC2)cc1. The van der Waals surface area contributed by atoms with E-state index in [2.05, 4.69) is 4.72 Å². The van der Waals surface area contributed by atoms with Crippen molar-refractivity contribution in [1.82, 2.24) is 4.72 Å². The lowest BCUT2D eigenvalue weighted by Crippen LogP contribution is -2.44. The van der Waals surface area contributed by atoms with Gasteiger partial charge in [0.15, 0.2) is 0 Å². The summed E-state index contributed by atoms with van der Waals surface area (Å²) in [5, 5.41) is 11.0. The molecule has 0 spiro atoms. The predicted molar refractivity (Wildman–Crippen MR) is 94.1 cm³/mol. The van der Waals surface area contributed by atoms with E-state index in [0.717, 1.165) is 24.0 Å². The Morgan fingerprint density at radius 1 is 1.00 bits per heavy atom. The maximum Gasteiger partial charge on any atom is 0.241 e. The number of rotatable bonds is 5. The minimum absolute atomic E-state index is 0.218. The normalized spacial score (nSPS) is 18.4. The van der Waals surface area contributed by atoms with Gasteiger partial charge in [-0.25, -0.2) is 13.1 Å². The van der Waals surface area contributed by atoms with Crippen molar-refractivity contribution in [2.24, 2.45) is 0 Å². The van der Waals surface area contributed by atoms with Crippen molar-refractivity contribution < 1.29 is 13.5 Å². The van der Waals surface area contributed by atoms with Gasteiger partial charge in [0.2, 0.25) is 10.0 Å². The molecule has 0 aliphatic heterocycles. The highest BCUT2D eigenvalue weighted by atomic mass is 32.2. The van der Waals surface area contributed by atoms with Crippen LogP contribution in [0.25, 0.3) is 0 Å². The lowest BCUT2D eigenvalue weighted by molar-refractivity contribution is 0.0146. The molecule has 24 heavy (non-hydrogen) atoms.